The fourth-order valence-corrected chi connectivity index (χ4v) is 3.96. The molecule has 3 aromatic rings. The number of alkyl halides is 3. The summed E-state index contributed by atoms with van der Waals surface area (Å²) in [5.41, 5.74) is 1.24. The molecule has 2 heterocycles. The molecule has 0 spiro atoms. The lowest BCUT2D eigenvalue weighted by atomic mass is 9.93. The molecule has 1 fully saturated rings. The zero-order valence-corrected chi connectivity index (χ0v) is 18.7. The van der Waals surface area contributed by atoms with Crippen molar-refractivity contribution in [3.63, 3.8) is 0 Å². The summed E-state index contributed by atoms with van der Waals surface area (Å²) < 4.78 is 63.8. The number of benzene rings is 2. The maximum Gasteiger partial charge on any atom is 0.455 e. The quantitative estimate of drug-likeness (QED) is 0.285. The van der Waals surface area contributed by atoms with Crippen molar-refractivity contribution in [2.24, 2.45) is 0 Å². The summed E-state index contributed by atoms with van der Waals surface area (Å²) in [6, 6.07) is 14.7. The summed E-state index contributed by atoms with van der Waals surface area (Å²) in [6.07, 6.45) is -2.30. The monoisotopic (exact) mass is 473 g/mol. The Morgan fingerprint density at radius 3 is 2.50 bits per heavy atom. The van der Waals surface area contributed by atoms with Crippen LogP contribution in [0.3, 0.4) is 0 Å². The van der Waals surface area contributed by atoms with Crippen LogP contribution >= 0.6 is 0 Å². The number of halogens is 4. The predicted octanol–water partition coefficient (Wildman–Crippen LogP) is 7.45. The number of pyridine rings is 1. The van der Waals surface area contributed by atoms with E-state index in [1.54, 1.807) is 24.3 Å². The van der Waals surface area contributed by atoms with Crippen LogP contribution in [0.15, 0.2) is 60.7 Å². The van der Waals surface area contributed by atoms with Crippen LogP contribution in [0.5, 0.6) is 11.5 Å². The van der Waals surface area contributed by atoms with E-state index in [4.69, 9.17) is 14.5 Å². The van der Waals surface area contributed by atoms with Gasteiger partial charge in [-0.1, -0.05) is 6.07 Å². The maximum absolute atomic E-state index is 13.5. The second-order valence-corrected chi connectivity index (χ2v) is 8.80. The third-order valence-corrected chi connectivity index (χ3v) is 5.63. The van der Waals surface area contributed by atoms with Crippen LogP contribution in [0.25, 0.3) is 11.3 Å². The Hall–Kier alpha value is -3.26. The fraction of sp³-hybridized carbons (Fsp3) is 0.308. The van der Waals surface area contributed by atoms with Crippen molar-refractivity contribution in [3.8, 4) is 22.8 Å². The number of ether oxygens (including phenoxy) is 2. The largest absolute Gasteiger partial charge is 0.457 e. The van der Waals surface area contributed by atoms with Gasteiger partial charge in [0.25, 0.3) is 5.78 Å². The van der Waals surface area contributed by atoms with E-state index in [2.05, 4.69) is 13.8 Å². The van der Waals surface area contributed by atoms with Gasteiger partial charge in [-0.25, -0.2) is 4.39 Å². The topological polar surface area (TPSA) is 48.4 Å². The van der Waals surface area contributed by atoms with Crippen molar-refractivity contribution < 1.29 is 31.8 Å². The standard InChI is InChI=1S/C26H23F4NO3/c1-25(2)14-4-7-23(34-25)21-6-3-5-20(31-21)16-8-11-18(12-9-16)33-22-13-10-17(27)15-19(22)24(32)26(28,29)30/h3,5-6,8-13,15,23H,4,7,14H2,1-2H3/t23-/m1/s1. The Morgan fingerprint density at radius 1 is 1.09 bits per heavy atom. The van der Waals surface area contributed by atoms with Crippen molar-refractivity contribution in [3.05, 3.63) is 77.7 Å². The molecule has 0 radical (unpaired) electrons. The zero-order chi connectivity index (χ0) is 24.5. The first-order valence-electron chi connectivity index (χ1n) is 10.9. The van der Waals surface area contributed by atoms with Crippen molar-refractivity contribution in [2.75, 3.05) is 0 Å². The molecule has 2 aromatic carbocycles. The highest BCUT2D eigenvalue weighted by molar-refractivity contribution is 6.02. The summed E-state index contributed by atoms with van der Waals surface area (Å²) in [5, 5.41) is 0. The number of ketones is 1. The lowest BCUT2D eigenvalue weighted by molar-refractivity contribution is -0.110. The van der Waals surface area contributed by atoms with Crippen molar-refractivity contribution in [2.45, 2.75) is 51.0 Å². The molecule has 1 aromatic heterocycles. The minimum atomic E-state index is -5.15. The molecule has 0 amide bonds. The van der Waals surface area contributed by atoms with E-state index >= 15 is 0 Å². The van der Waals surface area contributed by atoms with Crippen LogP contribution in [-0.2, 0) is 4.74 Å². The van der Waals surface area contributed by atoms with Gasteiger partial charge in [-0.15, -0.1) is 0 Å². The second kappa shape index (κ2) is 9.18. The summed E-state index contributed by atoms with van der Waals surface area (Å²) in [7, 11) is 0. The second-order valence-electron chi connectivity index (χ2n) is 8.80. The van der Waals surface area contributed by atoms with E-state index in [0.29, 0.717) is 11.8 Å². The molecule has 1 aliphatic rings. The first kappa shape index (κ1) is 23.9. The van der Waals surface area contributed by atoms with Crippen molar-refractivity contribution >= 4 is 5.78 Å². The van der Waals surface area contributed by atoms with Gasteiger partial charge in [-0.3, -0.25) is 9.78 Å². The van der Waals surface area contributed by atoms with Crippen molar-refractivity contribution in [1.29, 1.82) is 0 Å². The number of carbonyl (C=O) groups excluding carboxylic acids is 1. The van der Waals surface area contributed by atoms with Gasteiger partial charge in [0.1, 0.15) is 23.4 Å². The molecule has 0 unspecified atom stereocenters. The number of rotatable bonds is 5. The van der Waals surface area contributed by atoms with Gasteiger partial charge >= 0.3 is 6.18 Å². The van der Waals surface area contributed by atoms with E-state index in [-0.39, 0.29) is 23.2 Å². The van der Waals surface area contributed by atoms with Crippen LogP contribution in [0, 0.1) is 5.82 Å². The van der Waals surface area contributed by atoms with Gasteiger partial charge in [-0.05, 0) is 87.7 Å². The molecule has 0 bridgehead atoms. The van der Waals surface area contributed by atoms with Gasteiger partial charge in [0.2, 0.25) is 0 Å². The van der Waals surface area contributed by atoms with Crippen LogP contribution in [-0.4, -0.2) is 22.5 Å². The minimum absolute atomic E-state index is 0.0885. The van der Waals surface area contributed by atoms with E-state index in [9.17, 15) is 22.4 Å². The number of hydrogen-bond donors (Lipinski definition) is 0. The molecule has 34 heavy (non-hydrogen) atoms. The Morgan fingerprint density at radius 2 is 1.82 bits per heavy atom. The average Bonchev–Trinajstić information content (AvgIpc) is 2.79. The summed E-state index contributed by atoms with van der Waals surface area (Å²) in [5.74, 6) is -3.33. The van der Waals surface area contributed by atoms with Gasteiger partial charge in [0.15, 0.2) is 0 Å². The van der Waals surface area contributed by atoms with Crippen LogP contribution < -0.4 is 4.74 Å². The van der Waals surface area contributed by atoms with E-state index in [1.165, 1.54) is 0 Å². The molecule has 4 rings (SSSR count). The molecule has 8 heteroatoms. The molecule has 1 atom stereocenters. The highest BCUT2D eigenvalue weighted by Crippen LogP contribution is 2.37. The number of Topliss-reactive ketones (excluding diaryl/α,β-unsaturated/α-hetero) is 1. The molecule has 1 aliphatic heterocycles. The predicted molar refractivity (Wildman–Crippen MR) is 118 cm³/mol. The first-order chi connectivity index (χ1) is 16.0. The summed E-state index contributed by atoms with van der Waals surface area (Å²) in [4.78, 5) is 16.4. The number of carbonyl (C=O) groups is 1. The maximum atomic E-state index is 13.5. The lowest BCUT2D eigenvalue weighted by Crippen LogP contribution is -2.31. The summed E-state index contributed by atoms with van der Waals surface area (Å²) >= 11 is 0. The smallest absolute Gasteiger partial charge is 0.455 e. The molecule has 0 N–H and O–H groups in total. The Kier molecular flexibility index (Phi) is 6.45. The summed E-state index contributed by atoms with van der Waals surface area (Å²) in [6.45, 7) is 4.13. The van der Waals surface area contributed by atoms with Crippen LogP contribution in [0.4, 0.5) is 17.6 Å². The zero-order valence-electron chi connectivity index (χ0n) is 18.7. The van der Waals surface area contributed by atoms with E-state index in [1.807, 2.05) is 18.2 Å². The average molecular weight is 473 g/mol. The molecular weight excluding hydrogens is 450 g/mol. The molecule has 0 saturated carbocycles. The Bertz CT molecular complexity index is 1190. The molecule has 0 aliphatic carbocycles. The first-order valence-corrected chi connectivity index (χ1v) is 10.9. The Labute approximate surface area is 194 Å². The van der Waals surface area contributed by atoms with E-state index < -0.39 is 23.3 Å². The lowest BCUT2D eigenvalue weighted by Gasteiger charge is -2.35. The minimum Gasteiger partial charge on any atom is -0.457 e. The molecule has 1 saturated heterocycles. The van der Waals surface area contributed by atoms with Gasteiger partial charge in [0, 0.05) is 5.56 Å². The van der Waals surface area contributed by atoms with Gasteiger partial charge in [-0.2, -0.15) is 13.2 Å². The van der Waals surface area contributed by atoms with Crippen LogP contribution in [0.2, 0.25) is 0 Å². The number of hydrogen-bond acceptors (Lipinski definition) is 4. The van der Waals surface area contributed by atoms with Crippen LogP contribution in [0.1, 0.15) is 55.3 Å². The number of aromatic nitrogens is 1. The normalized spacial score (nSPS) is 17.9. The third kappa shape index (κ3) is 5.44. The van der Waals surface area contributed by atoms with Gasteiger partial charge < -0.3 is 9.47 Å². The third-order valence-electron chi connectivity index (χ3n) is 5.63. The molecular formula is C26H23F4NO3. The highest BCUT2D eigenvalue weighted by atomic mass is 19.4. The van der Waals surface area contributed by atoms with Crippen molar-refractivity contribution in [1.82, 2.24) is 4.98 Å². The Balaban J connectivity index is 1.55. The van der Waals surface area contributed by atoms with Gasteiger partial charge in [0.05, 0.1) is 22.6 Å². The fourth-order valence-electron chi connectivity index (χ4n) is 3.96. The SMILES string of the molecule is CC1(C)CCC[C@H](c2cccc(-c3ccc(Oc4ccc(F)cc4C(=O)C(F)(F)F)cc3)n2)O1. The molecule has 4 nitrogen and oxygen atoms in total. The van der Waals surface area contributed by atoms with E-state index in [0.717, 1.165) is 42.7 Å². The highest BCUT2D eigenvalue weighted by Gasteiger charge is 2.41. The molecule has 178 valence electrons. The number of nitrogens with zero attached hydrogens (tertiary/aromatic N) is 1.